The lowest BCUT2D eigenvalue weighted by Gasteiger charge is -2.37. The summed E-state index contributed by atoms with van der Waals surface area (Å²) in [5, 5.41) is 2.95. The van der Waals surface area contributed by atoms with E-state index < -0.39 is 11.7 Å². The first-order valence-corrected chi connectivity index (χ1v) is 12.6. The van der Waals surface area contributed by atoms with E-state index in [1.165, 1.54) is 26.2 Å². The maximum atomic E-state index is 12.8. The van der Waals surface area contributed by atoms with Crippen LogP contribution in [0.25, 0.3) is 5.70 Å². The molecule has 9 heteroatoms. The molecule has 4 rings (SSSR count). The number of halogens is 3. The maximum Gasteiger partial charge on any atom is 0.419 e. The summed E-state index contributed by atoms with van der Waals surface area (Å²) < 4.78 is 38.5. The van der Waals surface area contributed by atoms with Crippen LogP contribution in [0.5, 0.6) is 0 Å². The average Bonchev–Trinajstić information content (AvgIpc) is 3.21. The van der Waals surface area contributed by atoms with Crippen molar-refractivity contribution in [2.45, 2.75) is 64.2 Å². The van der Waals surface area contributed by atoms with E-state index >= 15 is 0 Å². The molecule has 1 saturated carbocycles. The van der Waals surface area contributed by atoms with Gasteiger partial charge in [0, 0.05) is 36.7 Å². The molecule has 0 bridgehead atoms. The molecular formula is C27H39F3N6. The van der Waals surface area contributed by atoms with Crippen molar-refractivity contribution in [1.82, 2.24) is 19.8 Å². The summed E-state index contributed by atoms with van der Waals surface area (Å²) in [5.74, 6) is 0.922. The first kappa shape index (κ1) is 27.9. The van der Waals surface area contributed by atoms with E-state index in [4.69, 9.17) is 5.73 Å². The fourth-order valence-electron chi connectivity index (χ4n) is 4.66. The molecule has 1 saturated heterocycles. The van der Waals surface area contributed by atoms with Crippen LogP contribution >= 0.6 is 0 Å². The predicted octanol–water partition coefficient (Wildman–Crippen LogP) is 5.68. The third-order valence-electron chi connectivity index (χ3n) is 7.35. The number of aryl methyl sites for hydroxylation is 1. The van der Waals surface area contributed by atoms with Crippen molar-refractivity contribution in [3.63, 3.8) is 0 Å². The van der Waals surface area contributed by atoms with Crippen LogP contribution in [0.1, 0.15) is 55.8 Å². The molecule has 2 fully saturated rings. The van der Waals surface area contributed by atoms with Gasteiger partial charge in [0.2, 0.25) is 5.95 Å². The minimum absolute atomic E-state index is 0.111. The Labute approximate surface area is 212 Å². The van der Waals surface area contributed by atoms with Gasteiger partial charge in [-0.05, 0) is 76.4 Å². The van der Waals surface area contributed by atoms with Gasteiger partial charge in [0.25, 0.3) is 0 Å². The minimum atomic E-state index is -4.45. The lowest BCUT2D eigenvalue weighted by Crippen LogP contribution is -2.40. The number of aromatic nitrogens is 2. The monoisotopic (exact) mass is 504 g/mol. The van der Waals surface area contributed by atoms with Crippen LogP contribution < -0.4 is 11.1 Å². The second-order valence-corrected chi connectivity index (χ2v) is 10.1. The Morgan fingerprint density at radius 3 is 2.25 bits per heavy atom. The fraction of sp³-hybridized carbons (Fsp3) is 0.556. The second kappa shape index (κ2) is 12.1. The van der Waals surface area contributed by atoms with E-state index in [0.29, 0.717) is 17.8 Å². The summed E-state index contributed by atoms with van der Waals surface area (Å²) in [7, 11) is 4.21. The molecule has 3 N–H and O–H groups in total. The van der Waals surface area contributed by atoms with Gasteiger partial charge >= 0.3 is 6.18 Å². The van der Waals surface area contributed by atoms with E-state index in [0.717, 1.165) is 49.3 Å². The summed E-state index contributed by atoms with van der Waals surface area (Å²) in [6, 6.07) is 8.55. The molecule has 1 aromatic heterocycles. The molecule has 198 valence electrons. The van der Waals surface area contributed by atoms with Crippen molar-refractivity contribution in [2.75, 3.05) is 32.5 Å². The van der Waals surface area contributed by atoms with E-state index in [2.05, 4.69) is 52.7 Å². The molecule has 2 atom stereocenters. The standard InChI is InChI=1S/C21H26F3N5.C6H13N/c1-14-19(21(22,23)24)13-25-20(26-14)27-17-7-5-16(6-8-17)15(2)29(4)18-9-11-28(3)12-10-18;1-5-3-2-4-6(5)7/h5-8,13,18H,2,9-12H2,1,3-4H3,(H,25,26,27);5-6H,2-4,7H2,1H3. The Hall–Kier alpha value is -2.65. The zero-order valence-electron chi connectivity index (χ0n) is 21.8. The molecule has 0 spiro atoms. The topological polar surface area (TPSA) is 70.3 Å². The Morgan fingerprint density at radius 1 is 1.14 bits per heavy atom. The fourth-order valence-corrected chi connectivity index (χ4v) is 4.66. The summed E-state index contributed by atoms with van der Waals surface area (Å²) in [6.07, 6.45) is 2.51. The number of alkyl halides is 3. The number of nitrogens with two attached hydrogens (primary N) is 1. The molecule has 1 aliphatic heterocycles. The van der Waals surface area contributed by atoms with Crippen LogP contribution in [-0.4, -0.2) is 59.0 Å². The maximum absolute atomic E-state index is 12.8. The van der Waals surface area contributed by atoms with E-state index in [-0.39, 0.29) is 11.6 Å². The highest BCUT2D eigenvalue weighted by Crippen LogP contribution is 2.31. The molecule has 1 aromatic carbocycles. The van der Waals surface area contributed by atoms with Crippen molar-refractivity contribution >= 4 is 17.3 Å². The van der Waals surface area contributed by atoms with Crippen LogP contribution in [0.4, 0.5) is 24.8 Å². The molecule has 36 heavy (non-hydrogen) atoms. The van der Waals surface area contributed by atoms with Gasteiger partial charge in [0.05, 0.1) is 11.3 Å². The molecule has 0 amide bonds. The smallest absolute Gasteiger partial charge is 0.372 e. The lowest BCUT2D eigenvalue weighted by molar-refractivity contribution is -0.138. The number of anilines is 2. The Balaban J connectivity index is 0.000000444. The molecule has 2 aliphatic rings. The van der Waals surface area contributed by atoms with Crippen molar-refractivity contribution in [3.05, 3.63) is 53.9 Å². The highest BCUT2D eigenvalue weighted by atomic mass is 19.4. The lowest BCUT2D eigenvalue weighted by atomic mass is 10.0. The van der Waals surface area contributed by atoms with Gasteiger partial charge in [0.15, 0.2) is 0 Å². The van der Waals surface area contributed by atoms with Gasteiger partial charge in [-0.15, -0.1) is 0 Å². The van der Waals surface area contributed by atoms with Crippen molar-refractivity contribution < 1.29 is 13.2 Å². The summed E-state index contributed by atoms with van der Waals surface area (Å²) >= 11 is 0. The van der Waals surface area contributed by atoms with Crippen molar-refractivity contribution in [3.8, 4) is 0 Å². The van der Waals surface area contributed by atoms with Gasteiger partial charge in [-0.3, -0.25) is 0 Å². The van der Waals surface area contributed by atoms with Gasteiger partial charge in [-0.2, -0.15) is 13.2 Å². The molecule has 1 aliphatic carbocycles. The van der Waals surface area contributed by atoms with Crippen LogP contribution in [0, 0.1) is 12.8 Å². The number of nitrogens with zero attached hydrogens (tertiary/aromatic N) is 4. The third kappa shape index (κ3) is 7.43. The summed E-state index contributed by atoms with van der Waals surface area (Å²) in [5.41, 5.74) is 7.39. The van der Waals surface area contributed by atoms with Gasteiger partial charge in [-0.1, -0.05) is 32.1 Å². The molecular weight excluding hydrogens is 465 g/mol. The first-order valence-electron chi connectivity index (χ1n) is 12.6. The zero-order valence-corrected chi connectivity index (χ0v) is 21.8. The van der Waals surface area contributed by atoms with Crippen LogP contribution in [-0.2, 0) is 6.18 Å². The van der Waals surface area contributed by atoms with Crippen LogP contribution in [0.15, 0.2) is 37.0 Å². The zero-order chi connectivity index (χ0) is 26.5. The molecule has 2 heterocycles. The summed E-state index contributed by atoms with van der Waals surface area (Å²) in [4.78, 5) is 12.3. The van der Waals surface area contributed by atoms with Gasteiger partial charge in [0.1, 0.15) is 0 Å². The van der Waals surface area contributed by atoms with Crippen LogP contribution in [0.3, 0.4) is 0 Å². The Kier molecular flexibility index (Phi) is 9.35. The predicted molar refractivity (Wildman–Crippen MR) is 140 cm³/mol. The van der Waals surface area contributed by atoms with E-state index in [1.54, 1.807) is 0 Å². The molecule has 2 unspecified atom stereocenters. The van der Waals surface area contributed by atoms with Gasteiger partial charge < -0.3 is 20.9 Å². The van der Waals surface area contributed by atoms with E-state index in [9.17, 15) is 13.2 Å². The Morgan fingerprint density at radius 2 is 1.78 bits per heavy atom. The molecule has 0 radical (unpaired) electrons. The highest BCUT2D eigenvalue weighted by Gasteiger charge is 2.33. The highest BCUT2D eigenvalue weighted by molar-refractivity contribution is 5.65. The number of hydrogen-bond acceptors (Lipinski definition) is 6. The first-order chi connectivity index (χ1) is 17.0. The van der Waals surface area contributed by atoms with Crippen molar-refractivity contribution in [2.24, 2.45) is 11.7 Å². The van der Waals surface area contributed by atoms with Gasteiger partial charge in [-0.25, -0.2) is 9.97 Å². The SMILES string of the molecule is C=C(c1ccc(Nc2ncc(C(F)(F)F)c(C)n2)cc1)N(C)C1CCN(C)CC1.CC1CCCC1N. The summed E-state index contributed by atoms with van der Waals surface area (Å²) in [6.45, 7) is 9.95. The molecule has 2 aromatic rings. The molecule has 6 nitrogen and oxygen atoms in total. The number of nitrogens with one attached hydrogen (secondary N) is 1. The number of hydrogen-bond donors (Lipinski definition) is 2. The second-order valence-electron chi connectivity index (χ2n) is 10.1. The largest absolute Gasteiger partial charge is 0.419 e. The quantitative estimate of drug-likeness (QED) is 0.546. The minimum Gasteiger partial charge on any atom is -0.372 e. The number of rotatable bonds is 5. The normalized spacial score (nSPS) is 21.0. The number of piperidine rings is 1. The third-order valence-corrected chi connectivity index (χ3v) is 7.35. The number of benzene rings is 1. The Bertz CT molecular complexity index is 992. The van der Waals surface area contributed by atoms with E-state index in [1.807, 2.05) is 24.3 Å². The number of likely N-dealkylation sites (tertiary alicyclic amines) is 1. The van der Waals surface area contributed by atoms with Crippen LogP contribution in [0.2, 0.25) is 0 Å². The average molecular weight is 505 g/mol. The van der Waals surface area contributed by atoms with Crippen molar-refractivity contribution in [1.29, 1.82) is 0 Å².